The minimum atomic E-state index is -0.495. The zero-order valence-electron chi connectivity index (χ0n) is 15.8. The third-order valence-corrected chi connectivity index (χ3v) is 4.44. The van der Waals surface area contributed by atoms with Crippen LogP contribution in [0.15, 0.2) is 77.0 Å². The Hall–Kier alpha value is -4.38. The van der Waals surface area contributed by atoms with Gasteiger partial charge in [-0.15, -0.1) is 0 Å². The molecule has 2 aromatic carbocycles. The Balaban J connectivity index is 1.47. The zero-order valence-corrected chi connectivity index (χ0v) is 15.8. The first kappa shape index (κ1) is 19.0. The van der Waals surface area contributed by atoms with Crippen LogP contribution in [-0.4, -0.2) is 14.5 Å². The second-order valence-corrected chi connectivity index (χ2v) is 6.46. The van der Waals surface area contributed by atoms with E-state index < -0.39 is 4.92 Å². The van der Waals surface area contributed by atoms with E-state index in [1.165, 1.54) is 12.1 Å². The van der Waals surface area contributed by atoms with Gasteiger partial charge in [0.15, 0.2) is 5.75 Å². The minimum Gasteiger partial charge on any atom is -0.479 e. The van der Waals surface area contributed by atoms with E-state index in [-0.39, 0.29) is 18.0 Å². The monoisotopic (exact) mass is 400 g/mol. The number of furan rings is 1. The van der Waals surface area contributed by atoms with E-state index in [0.717, 1.165) is 11.0 Å². The topological polar surface area (TPSA) is 107 Å². The molecule has 0 aliphatic carbocycles. The van der Waals surface area contributed by atoms with E-state index in [1.807, 2.05) is 28.8 Å². The van der Waals surface area contributed by atoms with Crippen molar-refractivity contribution in [3.63, 3.8) is 0 Å². The summed E-state index contributed by atoms with van der Waals surface area (Å²) < 4.78 is 13.1. The normalized spacial score (nSPS) is 11.4. The molecule has 0 bridgehead atoms. The van der Waals surface area contributed by atoms with Crippen molar-refractivity contribution in [2.24, 2.45) is 0 Å². The number of rotatable bonds is 7. The van der Waals surface area contributed by atoms with Gasteiger partial charge >= 0.3 is 5.69 Å². The highest BCUT2D eigenvalue weighted by Gasteiger charge is 2.14. The molecular weight excluding hydrogens is 384 g/mol. The summed E-state index contributed by atoms with van der Waals surface area (Å²) in [5.41, 5.74) is 2.20. The van der Waals surface area contributed by atoms with Crippen molar-refractivity contribution in [1.29, 1.82) is 5.26 Å². The maximum Gasteiger partial charge on any atom is 0.310 e. The van der Waals surface area contributed by atoms with Gasteiger partial charge in [0.1, 0.15) is 18.1 Å². The van der Waals surface area contributed by atoms with E-state index in [0.29, 0.717) is 23.6 Å². The summed E-state index contributed by atoms with van der Waals surface area (Å²) in [7, 11) is 0. The van der Waals surface area contributed by atoms with Crippen molar-refractivity contribution >= 4 is 22.8 Å². The Bertz CT molecular complexity index is 1280. The van der Waals surface area contributed by atoms with Gasteiger partial charge in [-0.1, -0.05) is 24.3 Å². The van der Waals surface area contributed by atoms with Crippen LogP contribution in [-0.2, 0) is 13.2 Å². The van der Waals surface area contributed by atoms with Gasteiger partial charge in [0.05, 0.1) is 40.5 Å². The Morgan fingerprint density at radius 3 is 2.83 bits per heavy atom. The molecule has 0 unspecified atom stereocenters. The van der Waals surface area contributed by atoms with Crippen LogP contribution >= 0.6 is 0 Å². The third-order valence-electron chi connectivity index (χ3n) is 4.44. The number of nitro benzene ring substituents is 1. The lowest BCUT2D eigenvalue weighted by atomic mass is 10.2. The van der Waals surface area contributed by atoms with Crippen molar-refractivity contribution in [3.05, 3.63) is 94.2 Å². The molecule has 4 rings (SSSR count). The van der Waals surface area contributed by atoms with Crippen LogP contribution in [0.2, 0.25) is 0 Å². The maximum absolute atomic E-state index is 11.1. The predicted octanol–water partition coefficient (Wildman–Crippen LogP) is 4.72. The number of aromatic nitrogens is 2. The van der Waals surface area contributed by atoms with E-state index in [4.69, 9.17) is 9.15 Å². The highest BCUT2D eigenvalue weighted by molar-refractivity contribution is 5.75. The van der Waals surface area contributed by atoms with Gasteiger partial charge < -0.3 is 13.7 Å². The molecule has 0 fully saturated rings. The molecule has 0 aliphatic rings. The summed E-state index contributed by atoms with van der Waals surface area (Å²) >= 11 is 0. The highest BCUT2D eigenvalue weighted by atomic mass is 16.6. The Labute approximate surface area is 171 Å². The van der Waals surface area contributed by atoms with Crippen LogP contribution in [0.5, 0.6) is 5.75 Å². The standard InChI is InChI=1S/C22H16N4O4/c23-12-16(13-25-15-24-19-5-1-2-6-20(19)25)11-17-9-10-18(30-17)14-29-22-8-4-3-7-21(22)26(27)28/h1-11,15H,13-14H2/b16-11-. The van der Waals surface area contributed by atoms with Crippen molar-refractivity contribution < 1.29 is 14.1 Å². The predicted molar refractivity (Wildman–Crippen MR) is 109 cm³/mol. The number of nitrogens with zero attached hydrogens (tertiary/aromatic N) is 4. The molecule has 0 amide bonds. The molecule has 0 N–H and O–H groups in total. The Kier molecular flexibility index (Phi) is 5.26. The summed E-state index contributed by atoms with van der Waals surface area (Å²) in [6.07, 6.45) is 3.35. The van der Waals surface area contributed by atoms with Crippen LogP contribution in [0.25, 0.3) is 17.1 Å². The number of nitriles is 1. The van der Waals surface area contributed by atoms with Gasteiger partial charge in [0.25, 0.3) is 0 Å². The van der Waals surface area contributed by atoms with Gasteiger partial charge in [-0.05, 0) is 36.4 Å². The second kappa shape index (κ2) is 8.32. The van der Waals surface area contributed by atoms with Crippen LogP contribution in [0.1, 0.15) is 11.5 Å². The van der Waals surface area contributed by atoms with Gasteiger partial charge in [0.2, 0.25) is 0 Å². The molecule has 4 aromatic rings. The highest BCUT2D eigenvalue weighted by Crippen LogP contribution is 2.27. The first-order chi connectivity index (χ1) is 14.6. The number of allylic oxidation sites excluding steroid dienone is 1. The van der Waals surface area contributed by atoms with E-state index in [1.54, 1.807) is 36.7 Å². The van der Waals surface area contributed by atoms with Gasteiger partial charge in [0, 0.05) is 6.07 Å². The molecule has 0 aliphatic heterocycles. The molecular formula is C22H16N4O4. The summed E-state index contributed by atoms with van der Waals surface area (Å²) in [4.78, 5) is 14.9. The Morgan fingerprint density at radius 1 is 1.20 bits per heavy atom. The third kappa shape index (κ3) is 4.05. The first-order valence-electron chi connectivity index (χ1n) is 9.09. The van der Waals surface area contributed by atoms with Crippen LogP contribution in [0.4, 0.5) is 5.69 Å². The molecule has 0 saturated heterocycles. The average Bonchev–Trinajstić information content (AvgIpc) is 3.39. The largest absolute Gasteiger partial charge is 0.479 e. The molecule has 8 heteroatoms. The van der Waals surface area contributed by atoms with Crippen LogP contribution < -0.4 is 4.74 Å². The molecule has 2 heterocycles. The molecule has 0 spiro atoms. The molecule has 148 valence electrons. The summed E-state index contributed by atoms with van der Waals surface area (Å²) in [6.45, 7) is 0.395. The number of hydrogen-bond donors (Lipinski definition) is 0. The molecule has 8 nitrogen and oxygen atoms in total. The number of imidazole rings is 1. The molecule has 0 radical (unpaired) electrons. The van der Waals surface area contributed by atoms with E-state index in [9.17, 15) is 15.4 Å². The lowest BCUT2D eigenvalue weighted by molar-refractivity contribution is -0.386. The van der Waals surface area contributed by atoms with Crippen molar-refractivity contribution in [2.45, 2.75) is 13.2 Å². The summed E-state index contributed by atoms with van der Waals surface area (Å²) in [6, 6.07) is 19.5. The SMILES string of the molecule is N#C/C(=C/c1ccc(COc2ccccc2[N+](=O)[O-])o1)Cn1cnc2ccccc21. The summed E-state index contributed by atoms with van der Waals surface area (Å²) in [5.74, 6) is 1.16. The average molecular weight is 400 g/mol. The van der Waals surface area contributed by atoms with Crippen LogP contribution in [0.3, 0.4) is 0 Å². The second-order valence-electron chi connectivity index (χ2n) is 6.46. The molecule has 30 heavy (non-hydrogen) atoms. The number of ether oxygens (including phenoxy) is 1. The number of hydrogen-bond acceptors (Lipinski definition) is 6. The van der Waals surface area contributed by atoms with Crippen molar-refractivity contribution in [2.75, 3.05) is 0 Å². The lowest BCUT2D eigenvalue weighted by Gasteiger charge is -2.04. The molecule has 2 aromatic heterocycles. The fourth-order valence-electron chi connectivity index (χ4n) is 3.03. The van der Waals surface area contributed by atoms with Gasteiger partial charge in [-0.25, -0.2) is 4.98 Å². The quantitative estimate of drug-likeness (QED) is 0.252. The van der Waals surface area contributed by atoms with Gasteiger partial charge in [-0.3, -0.25) is 10.1 Å². The van der Waals surface area contributed by atoms with E-state index >= 15 is 0 Å². The fourth-order valence-corrected chi connectivity index (χ4v) is 3.03. The lowest BCUT2D eigenvalue weighted by Crippen LogP contribution is -1.98. The van der Waals surface area contributed by atoms with Crippen molar-refractivity contribution in [1.82, 2.24) is 9.55 Å². The zero-order chi connectivity index (χ0) is 20.9. The van der Waals surface area contributed by atoms with Crippen molar-refractivity contribution in [3.8, 4) is 11.8 Å². The van der Waals surface area contributed by atoms with Crippen LogP contribution in [0, 0.1) is 21.4 Å². The number of nitro groups is 1. The fraction of sp³-hybridized carbons (Fsp3) is 0.0909. The molecule has 0 saturated carbocycles. The maximum atomic E-state index is 11.1. The van der Waals surface area contributed by atoms with E-state index in [2.05, 4.69) is 11.1 Å². The minimum absolute atomic E-state index is 0.0345. The number of fused-ring (bicyclic) bond motifs is 1. The smallest absolute Gasteiger partial charge is 0.310 e. The first-order valence-corrected chi connectivity index (χ1v) is 9.09. The Morgan fingerprint density at radius 2 is 2.00 bits per heavy atom. The summed E-state index contributed by atoms with van der Waals surface area (Å²) in [5, 5.41) is 20.6. The number of para-hydroxylation sites is 4. The molecule has 0 atom stereocenters. The van der Waals surface area contributed by atoms with Gasteiger partial charge in [-0.2, -0.15) is 5.26 Å². The number of benzene rings is 2.